The van der Waals surface area contributed by atoms with Crippen molar-refractivity contribution in [3.05, 3.63) is 47.3 Å². The summed E-state index contributed by atoms with van der Waals surface area (Å²) in [6.45, 7) is 3.55. The summed E-state index contributed by atoms with van der Waals surface area (Å²) in [6.07, 6.45) is 0.242. The Morgan fingerprint density at radius 3 is 2.77 bits per heavy atom. The van der Waals surface area contributed by atoms with Crippen LogP contribution in [0.1, 0.15) is 12.5 Å². The Labute approximate surface area is 130 Å². The lowest BCUT2D eigenvalue weighted by Gasteiger charge is -2.34. The summed E-state index contributed by atoms with van der Waals surface area (Å²) in [5.41, 5.74) is 2.81. The van der Waals surface area contributed by atoms with Crippen molar-refractivity contribution in [3.8, 4) is 0 Å². The lowest BCUT2D eigenvalue weighted by atomic mass is 10.0. The minimum absolute atomic E-state index is 0.0824. The van der Waals surface area contributed by atoms with Gasteiger partial charge >= 0.3 is 6.09 Å². The van der Waals surface area contributed by atoms with Gasteiger partial charge in [0.15, 0.2) is 0 Å². The van der Waals surface area contributed by atoms with Gasteiger partial charge in [0, 0.05) is 24.7 Å². The van der Waals surface area contributed by atoms with Gasteiger partial charge in [-0.2, -0.15) is 0 Å². The molecule has 1 aliphatic rings. The monoisotopic (exact) mass is 303 g/mol. The molecular formula is C16H21N3O3. The average Bonchev–Trinajstić information content (AvgIpc) is 2.54. The van der Waals surface area contributed by atoms with Gasteiger partial charge in [-0.05, 0) is 5.56 Å². The number of rotatable bonds is 5. The molecule has 22 heavy (non-hydrogen) atoms. The van der Waals surface area contributed by atoms with Crippen molar-refractivity contribution in [3.63, 3.8) is 0 Å². The van der Waals surface area contributed by atoms with Crippen LogP contribution in [0.3, 0.4) is 0 Å². The lowest BCUT2D eigenvalue weighted by Crippen LogP contribution is -2.45. The quantitative estimate of drug-likeness (QED) is 0.808. The molecule has 0 saturated heterocycles. The molecule has 0 aromatic heterocycles. The molecule has 1 aromatic rings. The molecule has 2 N–H and O–H groups in total. The summed E-state index contributed by atoms with van der Waals surface area (Å²) >= 11 is 0. The van der Waals surface area contributed by atoms with Crippen LogP contribution in [-0.2, 0) is 16.1 Å². The number of methoxy groups -OCH3 is 1. The number of benzene rings is 1. The van der Waals surface area contributed by atoms with Crippen molar-refractivity contribution in [1.29, 1.82) is 0 Å². The molecule has 0 saturated carbocycles. The first kappa shape index (κ1) is 15.9. The van der Waals surface area contributed by atoms with E-state index in [4.69, 9.17) is 4.74 Å². The predicted molar refractivity (Wildman–Crippen MR) is 82.6 cm³/mol. The summed E-state index contributed by atoms with van der Waals surface area (Å²) < 4.78 is 4.76. The van der Waals surface area contributed by atoms with Crippen LogP contribution in [0.2, 0.25) is 0 Å². The minimum atomic E-state index is -0.390. The Bertz CT molecular complexity index is 557. The Hall–Kier alpha value is -2.50. The molecule has 1 aromatic carbocycles. The topological polar surface area (TPSA) is 70.7 Å². The molecule has 1 unspecified atom stereocenters. The van der Waals surface area contributed by atoms with Gasteiger partial charge in [0.2, 0.25) is 6.41 Å². The largest absolute Gasteiger partial charge is 0.453 e. The molecule has 0 aliphatic carbocycles. The highest BCUT2D eigenvalue weighted by Gasteiger charge is 2.28. The third-order valence-corrected chi connectivity index (χ3v) is 3.65. The Kier molecular flexibility index (Phi) is 5.41. The molecule has 1 aliphatic heterocycles. The van der Waals surface area contributed by atoms with Crippen LogP contribution in [-0.4, -0.2) is 37.6 Å². The van der Waals surface area contributed by atoms with Crippen LogP contribution in [0.4, 0.5) is 4.79 Å². The number of hydrogen-bond donors (Lipinski definition) is 2. The predicted octanol–water partition coefficient (Wildman–Crippen LogP) is 1.45. The van der Waals surface area contributed by atoms with E-state index in [1.54, 1.807) is 4.90 Å². The fourth-order valence-corrected chi connectivity index (χ4v) is 2.60. The molecule has 2 amide bonds. The maximum atomic E-state index is 11.7. The summed E-state index contributed by atoms with van der Waals surface area (Å²) in [7, 11) is 1.35. The van der Waals surface area contributed by atoms with E-state index in [9.17, 15) is 9.59 Å². The minimum Gasteiger partial charge on any atom is -0.453 e. The maximum Gasteiger partial charge on any atom is 0.409 e. The highest BCUT2D eigenvalue weighted by molar-refractivity contribution is 5.68. The summed E-state index contributed by atoms with van der Waals surface area (Å²) in [6, 6.07) is 10.0. The van der Waals surface area contributed by atoms with Gasteiger partial charge in [0.05, 0.1) is 19.4 Å². The highest BCUT2D eigenvalue weighted by atomic mass is 16.5. The summed E-state index contributed by atoms with van der Waals surface area (Å²) in [5, 5.41) is 6.08. The van der Waals surface area contributed by atoms with Gasteiger partial charge in [-0.15, -0.1) is 0 Å². The number of nitrogens with one attached hydrogen (secondary N) is 2. The van der Waals surface area contributed by atoms with Gasteiger partial charge in [-0.1, -0.05) is 37.3 Å². The van der Waals surface area contributed by atoms with Gasteiger partial charge in [0.1, 0.15) is 0 Å². The van der Waals surface area contributed by atoms with Gasteiger partial charge in [-0.25, -0.2) is 4.79 Å². The molecule has 6 heteroatoms. The van der Waals surface area contributed by atoms with E-state index < -0.39 is 0 Å². The molecule has 118 valence electrons. The van der Waals surface area contributed by atoms with Crippen LogP contribution in [0, 0.1) is 5.92 Å². The second kappa shape index (κ2) is 7.49. The SMILES string of the molecule is COC(=O)N1CC(NC=O)=C(NCc2ccccc2)C(C)C1. The molecule has 2 rings (SSSR count). The van der Waals surface area contributed by atoms with E-state index in [-0.39, 0.29) is 12.0 Å². The van der Waals surface area contributed by atoms with Crippen LogP contribution >= 0.6 is 0 Å². The van der Waals surface area contributed by atoms with Crippen LogP contribution in [0.5, 0.6) is 0 Å². The van der Waals surface area contributed by atoms with E-state index >= 15 is 0 Å². The Morgan fingerprint density at radius 1 is 1.41 bits per heavy atom. The van der Waals surface area contributed by atoms with E-state index in [0.29, 0.717) is 31.7 Å². The van der Waals surface area contributed by atoms with E-state index in [1.807, 2.05) is 37.3 Å². The number of carbonyl (C=O) groups excluding carboxylic acids is 2. The van der Waals surface area contributed by atoms with Crippen molar-refractivity contribution >= 4 is 12.5 Å². The van der Waals surface area contributed by atoms with E-state index in [1.165, 1.54) is 7.11 Å². The van der Waals surface area contributed by atoms with Crippen molar-refractivity contribution in [2.45, 2.75) is 13.5 Å². The van der Waals surface area contributed by atoms with Crippen molar-refractivity contribution in [1.82, 2.24) is 15.5 Å². The molecule has 0 radical (unpaired) electrons. The number of hydrogen-bond acceptors (Lipinski definition) is 4. The fourth-order valence-electron chi connectivity index (χ4n) is 2.60. The first-order chi connectivity index (χ1) is 10.7. The highest BCUT2D eigenvalue weighted by Crippen LogP contribution is 2.21. The first-order valence-corrected chi connectivity index (χ1v) is 7.19. The number of ether oxygens (including phenoxy) is 1. The van der Waals surface area contributed by atoms with Crippen LogP contribution in [0.25, 0.3) is 0 Å². The molecule has 1 heterocycles. The van der Waals surface area contributed by atoms with Crippen molar-refractivity contribution in [2.75, 3.05) is 20.2 Å². The van der Waals surface area contributed by atoms with Crippen molar-refractivity contribution < 1.29 is 14.3 Å². The third-order valence-electron chi connectivity index (χ3n) is 3.65. The normalized spacial score (nSPS) is 17.9. The van der Waals surface area contributed by atoms with Gasteiger partial charge < -0.3 is 20.3 Å². The molecular weight excluding hydrogens is 282 g/mol. The second-order valence-electron chi connectivity index (χ2n) is 5.25. The first-order valence-electron chi connectivity index (χ1n) is 7.19. The van der Waals surface area contributed by atoms with E-state index in [2.05, 4.69) is 10.6 Å². The molecule has 6 nitrogen and oxygen atoms in total. The molecule has 0 fully saturated rings. The number of amides is 2. The zero-order valence-electron chi connectivity index (χ0n) is 12.8. The average molecular weight is 303 g/mol. The summed E-state index contributed by atoms with van der Waals surface area (Å²) in [5.74, 6) is 0.0824. The summed E-state index contributed by atoms with van der Waals surface area (Å²) in [4.78, 5) is 24.1. The van der Waals surface area contributed by atoms with E-state index in [0.717, 1.165) is 11.3 Å². The standard InChI is InChI=1S/C16H21N3O3/c1-12-9-19(16(21)22-2)10-14(18-11-20)15(12)17-8-13-6-4-3-5-7-13/h3-7,11-12,17H,8-10H2,1-2H3,(H,18,20). The Balaban J connectivity index is 2.13. The zero-order valence-corrected chi connectivity index (χ0v) is 12.8. The third kappa shape index (κ3) is 3.78. The number of nitrogens with zero attached hydrogens (tertiary/aromatic N) is 1. The lowest BCUT2D eigenvalue weighted by molar-refractivity contribution is -0.109. The number of carbonyl (C=O) groups is 2. The van der Waals surface area contributed by atoms with Gasteiger partial charge in [-0.3, -0.25) is 4.79 Å². The molecule has 0 bridgehead atoms. The fraction of sp³-hybridized carbons (Fsp3) is 0.375. The van der Waals surface area contributed by atoms with Gasteiger partial charge in [0.25, 0.3) is 0 Å². The molecule has 0 spiro atoms. The smallest absolute Gasteiger partial charge is 0.409 e. The maximum absolute atomic E-state index is 11.7. The van der Waals surface area contributed by atoms with Crippen LogP contribution in [0.15, 0.2) is 41.7 Å². The van der Waals surface area contributed by atoms with Crippen LogP contribution < -0.4 is 10.6 Å². The zero-order chi connectivity index (χ0) is 15.9. The second-order valence-corrected chi connectivity index (χ2v) is 5.25. The van der Waals surface area contributed by atoms with Crippen molar-refractivity contribution in [2.24, 2.45) is 5.92 Å². The molecule has 1 atom stereocenters. The Morgan fingerprint density at radius 2 is 2.14 bits per heavy atom.